The van der Waals surface area contributed by atoms with E-state index in [1.165, 1.54) is 0 Å². The fourth-order valence-corrected chi connectivity index (χ4v) is 4.10. The van der Waals surface area contributed by atoms with Gasteiger partial charge in [-0.15, -0.1) is 0 Å². The summed E-state index contributed by atoms with van der Waals surface area (Å²) in [6, 6.07) is 0. The quantitative estimate of drug-likeness (QED) is 0.743. The third-order valence-electron chi connectivity index (χ3n) is 2.74. The van der Waals surface area contributed by atoms with Crippen LogP contribution in [0.1, 0.15) is 27.7 Å². The Morgan fingerprint density at radius 2 is 1.29 bits per heavy atom. The van der Waals surface area contributed by atoms with Crippen LogP contribution in [0.25, 0.3) is 0 Å². The van der Waals surface area contributed by atoms with E-state index in [0.29, 0.717) is 15.0 Å². The zero-order valence-electron chi connectivity index (χ0n) is 11.0. The Morgan fingerprint density at radius 3 is 1.59 bits per heavy atom. The second-order valence-electron chi connectivity index (χ2n) is 5.44. The van der Waals surface area contributed by atoms with Crippen molar-refractivity contribution in [1.29, 1.82) is 0 Å². The van der Waals surface area contributed by atoms with Gasteiger partial charge in [0.2, 0.25) is 0 Å². The molecule has 2 atom stereocenters. The van der Waals surface area contributed by atoms with Crippen molar-refractivity contribution < 1.29 is 18.9 Å². The van der Waals surface area contributed by atoms with Gasteiger partial charge in [0.15, 0.2) is 0 Å². The average Bonchev–Trinajstić information content (AvgIpc) is 2.70. The van der Waals surface area contributed by atoms with Crippen LogP contribution in [-0.2, 0) is 18.9 Å². The van der Waals surface area contributed by atoms with Crippen LogP contribution in [-0.4, -0.2) is 52.0 Å². The van der Waals surface area contributed by atoms with Crippen LogP contribution in [0.3, 0.4) is 0 Å². The molecule has 2 rings (SSSR count). The first kappa shape index (κ1) is 13.8. The molecular formula is C12H22O4Se. The zero-order valence-corrected chi connectivity index (χ0v) is 12.7. The molecule has 0 unspecified atom stereocenters. The third-order valence-corrected chi connectivity index (χ3v) is 5.29. The van der Waals surface area contributed by atoms with Crippen LogP contribution in [0, 0.1) is 0 Å². The summed E-state index contributed by atoms with van der Waals surface area (Å²) in [4.78, 5) is 0. The molecule has 0 aromatic rings. The molecule has 0 radical (unpaired) electrons. The Labute approximate surface area is 109 Å². The summed E-state index contributed by atoms with van der Waals surface area (Å²) in [6.07, 6.45) is 0.528. The summed E-state index contributed by atoms with van der Waals surface area (Å²) in [7, 11) is 0. The van der Waals surface area contributed by atoms with Crippen molar-refractivity contribution >= 4 is 15.0 Å². The van der Waals surface area contributed by atoms with Crippen LogP contribution >= 0.6 is 0 Å². The van der Waals surface area contributed by atoms with Gasteiger partial charge < -0.3 is 0 Å². The van der Waals surface area contributed by atoms with Crippen molar-refractivity contribution in [1.82, 2.24) is 0 Å². The molecule has 2 saturated heterocycles. The van der Waals surface area contributed by atoms with Crippen LogP contribution in [0.4, 0.5) is 0 Å². The van der Waals surface area contributed by atoms with Crippen LogP contribution in [0.15, 0.2) is 0 Å². The molecule has 2 heterocycles. The van der Waals surface area contributed by atoms with E-state index < -0.39 is 11.6 Å². The molecule has 0 aliphatic carbocycles. The molecule has 100 valence electrons. The summed E-state index contributed by atoms with van der Waals surface area (Å²) >= 11 is 0.531. The Bertz CT molecular complexity index is 241. The SMILES string of the molecule is CC1(C)OC[C@@H](C[Se]C[C@@H]2COC(C)(C)O2)O1. The van der Waals surface area contributed by atoms with Crippen LogP contribution < -0.4 is 0 Å². The minimum atomic E-state index is -0.393. The molecule has 0 spiro atoms. The molecule has 0 N–H and O–H groups in total. The van der Waals surface area contributed by atoms with Crippen molar-refractivity contribution in [2.75, 3.05) is 13.2 Å². The number of hydrogen-bond donors (Lipinski definition) is 0. The number of ether oxygens (including phenoxy) is 4. The predicted molar refractivity (Wildman–Crippen MR) is 65.2 cm³/mol. The summed E-state index contributed by atoms with van der Waals surface area (Å²) in [6.45, 7) is 9.32. The summed E-state index contributed by atoms with van der Waals surface area (Å²) in [5.41, 5.74) is 0. The zero-order chi connectivity index (χ0) is 12.5. The van der Waals surface area contributed by atoms with E-state index in [1.54, 1.807) is 0 Å². The van der Waals surface area contributed by atoms with E-state index in [9.17, 15) is 0 Å². The Kier molecular flexibility index (Phi) is 4.18. The second-order valence-corrected chi connectivity index (χ2v) is 7.69. The molecular weight excluding hydrogens is 287 g/mol. The molecule has 2 aliphatic heterocycles. The molecule has 0 saturated carbocycles. The van der Waals surface area contributed by atoms with Gasteiger partial charge in [0.05, 0.1) is 0 Å². The van der Waals surface area contributed by atoms with Crippen LogP contribution in [0.2, 0.25) is 10.6 Å². The van der Waals surface area contributed by atoms with E-state index in [1.807, 2.05) is 27.7 Å². The van der Waals surface area contributed by atoms with Crippen molar-refractivity contribution in [3.63, 3.8) is 0 Å². The monoisotopic (exact) mass is 310 g/mol. The van der Waals surface area contributed by atoms with E-state index in [2.05, 4.69) is 0 Å². The summed E-state index contributed by atoms with van der Waals surface area (Å²) < 4.78 is 22.6. The topological polar surface area (TPSA) is 36.9 Å². The Balaban J connectivity index is 1.61. The van der Waals surface area contributed by atoms with Gasteiger partial charge >= 0.3 is 109 Å². The first-order chi connectivity index (χ1) is 7.86. The van der Waals surface area contributed by atoms with Crippen molar-refractivity contribution in [2.45, 2.75) is 62.1 Å². The van der Waals surface area contributed by atoms with Crippen LogP contribution in [0.5, 0.6) is 0 Å². The minimum absolute atomic E-state index is 0.264. The number of rotatable bonds is 4. The normalized spacial score (nSPS) is 35.3. The number of hydrogen-bond acceptors (Lipinski definition) is 4. The second kappa shape index (κ2) is 5.16. The molecule has 2 aliphatic rings. The van der Waals surface area contributed by atoms with Crippen molar-refractivity contribution in [2.24, 2.45) is 0 Å². The fraction of sp³-hybridized carbons (Fsp3) is 1.00. The molecule has 0 bridgehead atoms. The van der Waals surface area contributed by atoms with Crippen molar-refractivity contribution in [3.05, 3.63) is 0 Å². The average molecular weight is 309 g/mol. The Morgan fingerprint density at radius 1 is 0.882 bits per heavy atom. The first-order valence-electron chi connectivity index (χ1n) is 6.08. The molecule has 0 aromatic heterocycles. The standard InChI is InChI=1S/C12H22O4Se/c1-11(2)13-5-9(15-11)7-17-8-10-6-14-12(3,4)16-10/h9-10H,5-8H2,1-4H3/t9-,10-/m0/s1. The molecule has 2 fully saturated rings. The molecule has 17 heavy (non-hydrogen) atoms. The third kappa shape index (κ3) is 4.19. The van der Waals surface area contributed by atoms with E-state index >= 15 is 0 Å². The summed E-state index contributed by atoms with van der Waals surface area (Å²) in [5, 5.41) is 2.19. The van der Waals surface area contributed by atoms with Gasteiger partial charge in [-0.1, -0.05) is 0 Å². The van der Waals surface area contributed by atoms with Gasteiger partial charge in [-0.2, -0.15) is 0 Å². The van der Waals surface area contributed by atoms with Gasteiger partial charge in [0.1, 0.15) is 0 Å². The van der Waals surface area contributed by atoms with Gasteiger partial charge in [-0.25, -0.2) is 0 Å². The van der Waals surface area contributed by atoms with E-state index in [0.717, 1.165) is 23.9 Å². The molecule has 4 nitrogen and oxygen atoms in total. The van der Waals surface area contributed by atoms with Crippen molar-refractivity contribution in [3.8, 4) is 0 Å². The van der Waals surface area contributed by atoms with Gasteiger partial charge in [0, 0.05) is 0 Å². The van der Waals surface area contributed by atoms with Gasteiger partial charge in [-0.05, 0) is 0 Å². The molecule has 0 amide bonds. The molecule has 5 heteroatoms. The molecule has 0 aromatic carbocycles. The maximum atomic E-state index is 5.78. The van der Waals surface area contributed by atoms with Gasteiger partial charge in [0.25, 0.3) is 0 Å². The fourth-order valence-electron chi connectivity index (χ4n) is 2.02. The first-order valence-corrected chi connectivity index (χ1v) is 8.50. The Hall–Kier alpha value is 0.359. The van der Waals surface area contributed by atoms with E-state index in [-0.39, 0.29) is 12.2 Å². The van der Waals surface area contributed by atoms with Gasteiger partial charge in [-0.3, -0.25) is 0 Å². The van der Waals surface area contributed by atoms with E-state index in [4.69, 9.17) is 18.9 Å². The summed E-state index contributed by atoms with van der Waals surface area (Å²) in [5.74, 6) is -0.786. The predicted octanol–water partition coefficient (Wildman–Crippen LogP) is 1.83. The maximum absolute atomic E-state index is 5.78.